The SMILES string of the molecule is CCS(=O)(=O)N1CCC([C@@H]2Cc3c(ccc(C)c3O)[C@H](CN)O2)CC1.Cl. The van der Waals surface area contributed by atoms with E-state index in [4.69, 9.17) is 10.5 Å². The molecule has 3 N–H and O–H groups in total. The highest BCUT2D eigenvalue weighted by molar-refractivity contribution is 7.89. The minimum absolute atomic E-state index is 0. The van der Waals surface area contributed by atoms with Crippen molar-refractivity contribution in [3.63, 3.8) is 0 Å². The number of aryl methyl sites for hydroxylation is 1. The van der Waals surface area contributed by atoms with Gasteiger partial charge in [0.15, 0.2) is 0 Å². The number of halogens is 1. The maximum atomic E-state index is 12.0. The molecule has 2 heterocycles. The molecule has 0 unspecified atom stereocenters. The van der Waals surface area contributed by atoms with E-state index in [1.807, 2.05) is 19.1 Å². The summed E-state index contributed by atoms with van der Waals surface area (Å²) in [5, 5.41) is 10.5. The average molecular weight is 405 g/mol. The lowest BCUT2D eigenvalue weighted by Gasteiger charge is -2.40. The van der Waals surface area contributed by atoms with Crippen LogP contribution in [0.1, 0.15) is 42.6 Å². The zero-order valence-corrected chi connectivity index (χ0v) is 17.0. The molecule has 1 aromatic rings. The Bertz CT molecular complexity index is 733. The molecule has 6 nitrogen and oxygen atoms in total. The van der Waals surface area contributed by atoms with Gasteiger partial charge in [0.25, 0.3) is 0 Å². The number of nitrogens with two attached hydrogens (primary N) is 1. The van der Waals surface area contributed by atoms with E-state index in [1.54, 1.807) is 11.2 Å². The van der Waals surface area contributed by atoms with Crippen molar-refractivity contribution in [2.24, 2.45) is 11.7 Å². The van der Waals surface area contributed by atoms with Gasteiger partial charge in [-0.05, 0) is 43.7 Å². The first-order valence-corrected chi connectivity index (χ1v) is 10.6. The van der Waals surface area contributed by atoms with Crippen molar-refractivity contribution >= 4 is 22.4 Å². The minimum atomic E-state index is -3.12. The minimum Gasteiger partial charge on any atom is -0.507 e. The number of piperidine rings is 1. The van der Waals surface area contributed by atoms with Crippen LogP contribution in [0.25, 0.3) is 0 Å². The smallest absolute Gasteiger partial charge is 0.213 e. The lowest BCUT2D eigenvalue weighted by molar-refractivity contribution is -0.0612. The summed E-state index contributed by atoms with van der Waals surface area (Å²) in [5.41, 5.74) is 8.68. The quantitative estimate of drug-likeness (QED) is 0.801. The van der Waals surface area contributed by atoms with Crippen molar-refractivity contribution in [2.75, 3.05) is 25.4 Å². The van der Waals surface area contributed by atoms with Gasteiger partial charge in [-0.2, -0.15) is 0 Å². The molecule has 0 amide bonds. The topological polar surface area (TPSA) is 92.9 Å². The van der Waals surface area contributed by atoms with Gasteiger partial charge in [0.1, 0.15) is 5.75 Å². The summed E-state index contributed by atoms with van der Waals surface area (Å²) in [7, 11) is -3.12. The third-order valence-corrected chi connectivity index (χ3v) is 7.49. The summed E-state index contributed by atoms with van der Waals surface area (Å²) in [4.78, 5) is 0. The van der Waals surface area contributed by atoms with Crippen molar-refractivity contribution in [1.29, 1.82) is 0 Å². The van der Waals surface area contributed by atoms with Gasteiger partial charge in [-0.15, -0.1) is 12.4 Å². The highest BCUT2D eigenvalue weighted by atomic mass is 35.5. The standard InChI is InChI=1S/C18H28N2O4S.ClH/c1-3-25(22,23)20-8-6-13(7-9-20)16-10-15-14(17(11-19)24-16)5-4-12(2)18(15)21;/h4-5,13,16-17,21H,3,6-11,19H2,1-2H3;1H/t16-,17-;/m0./s1. The molecule has 3 rings (SSSR count). The van der Waals surface area contributed by atoms with E-state index >= 15 is 0 Å². The fourth-order valence-electron chi connectivity index (χ4n) is 3.99. The second kappa shape index (κ2) is 8.44. The Kier molecular flexibility index (Phi) is 6.96. The van der Waals surface area contributed by atoms with Gasteiger partial charge < -0.3 is 15.6 Å². The second-order valence-corrected chi connectivity index (χ2v) is 9.30. The molecule has 8 heteroatoms. The van der Waals surface area contributed by atoms with Crippen LogP contribution in [0.15, 0.2) is 12.1 Å². The Morgan fingerprint density at radius 1 is 1.31 bits per heavy atom. The number of phenolic OH excluding ortho intramolecular Hbond substituents is 1. The number of phenols is 1. The Labute approximate surface area is 162 Å². The number of rotatable bonds is 4. The third kappa shape index (κ3) is 4.02. The molecule has 26 heavy (non-hydrogen) atoms. The maximum absolute atomic E-state index is 12.0. The lowest BCUT2D eigenvalue weighted by atomic mass is 9.83. The number of nitrogens with zero attached hydrogens (tertiary/aromatic N) is 1. The van der Waals surface area contributed by atoms with Gasteiger partial charge >= 0.3 is 0 Å². The number of benzene rings is 1. The van der Waals surface area contributed by atoms with E-state index in [9.17, 15) is 13.5 Å². The molecule has 0 bridgehead atoms. The fourth-order valence-corrected chi connectivity index (χ4v) is 5.12. The van der Waals surface area contributed by atoms with Gasteiger partial charge in [0.2, 0.25) is 10.0 Å². The number of fused-ring (bicyclic) bond motifs is 1. The fraction of sp³-hybridized carbons (Fsp3) is 0.667. The van der Waals surface area contributed by atoms with Crippen LogP contribution in [0.3, 0.4) is 0 Å². The van der Waals surface area contributed by atoms with Crippen molar-refractivity contribution < 1.29 is 18.3 Å². The van der Waals surface area contributed by atoms with Crippen LogP contribution in [0, 0.1) is 12.8 Å². The van der Waals surface area contributed by atoms with Crippen LogP contribution >= 0.6 is 12.4 Å². The van der Waals surface area contributed by atoms with Crippen LogP contribution in [0.4, 0.5) is 0 Å². The zero-order chi connectivity index (χ0) is 18.2. The Hall–Kier alpha value is -0.860. The summed E-state index contributed by atoms with van der Waals surface area (Å²) in [6.07, 6.45) is 1.98. The number of hydrogen-bond acceptors (Lipinski definition) is 5. The molecule has 1 saturated heterocycles. The molecule has 0 saturated carbocycles. The molecule has 2 atom stereocenters. The maximum Gasteiger partial charge on any atom is 0.213 e. The highest BCUT2D eigenvalue weighted by Gasteiger charge is 2.36. The molecule has 2 aliphatic rings. The van der Waals surface area contributed by atoms with Crippen molar-refractivity contribution in [3.8, 4) is 5.75 Å². The normalized spacial score (nSPS) is 24.7. The molecule has 0 radical (unpaired) electrons. The summed E-state index contributed by atoms with van der Waals surface area (Å²) < 4.78 is 31.9. The van der Waals surface area contributed by atoms with Crippen LogP contribution in [0.2, 0.25) is 0 Å². The number of hydrogen-bond donors (Lipinski definition) is 2. The van der Waals surface area contributed by atoms with Crippen molar-refractivity contribution in [1.82, 2.24) is 4.31 Å². The largest absolute Gasteiger partial charge is 0.507 e. The predicted molar refractivity (Wildman–Crippen MR) is 104 cm³/mol. The number of ether oxygens (including phenoxy) is 1. The summed E-state index contributed by atoms with van der Waals surface area (Å²) in [5.74, 6) is 0.772. The van der Waals surface area contributed by atoms with Crippen molar-refractivity contribution in [2.45, 2.75) is 45.3 Å². The average Bonchev–Trinajstić information content (AvgIpc) is 2.64. The Balaban J connectivity index is 0.00000243. The van der Waals surface area contributed by atoms with Gasteiger partial charge in [-0.1, -0.05) is 12.1 Å². The monoisotopic (exact) mass is 404 g/mol. The molecule has 0 aromatic heterocycles. The molecule has 148 valence electrons. The van der Waals surface area contributed by atoms with Gasteiger partial charge in [0, 0.05) is 31.6 Å². The van der Waals surface area contributed by atoms with Crippen LogP contribution in [0.5, 0.6) is 5.75 Å². The predicted octanol–water partition coefficient (Wildman–Crippen LogP) is 2.13. The zero-order valence-electron chi connectivity index (χ0n) is 15.3. The van der Waals surface area contributed by atoms with E-state index in [0.29, 0.717) is 31.8 Å². The van der Waals surface area contributed by atoms with Gasteiger partial charge in [0.05, 0.1) is 18.0 Å². The first kappa shape index (κ1) is 21.4. The number of sulfonamides is 1. The highest BCUT2D eigenvalue weighted by Crippen LogP contribution is 2.40. The van der Waals surface area contributed by atoms with E-state index in [0.717, 1.165) is 29.5 Å². The molecular formula is C18H29ClN2O4S. The lowest BCUT2D eigenvalue weighted by Crippen LogP contribution is -2.44. The van der Waals surface area contributed by atoms with Crippen molar-refractivity contribution in [3.05, 3.63) is 28.8 Å². The van der Waals surface area contributed by atoms with Crippen LogP contribution in [-0.4, -0.2) is 49.3 Å². The molecule has 0 aliphatic carbocycles. The summed E-state index contributed by atoms with van der Waals surface area (Å²) >= 11 is 0. The third-order valence-electron chi connectivity index (χ3n) is 5.61. The molecule has 1 fully saturated rings. The Morgan fingerprint density at radius 3 is 2.54 bits per heavy atom. The first-order valence-electron chi connectivity index (χ1n) is 9.02. The molecular weight excluding hydrogens is 376 g/mol. The second-order valence-electron chi connectivity index (χ2n) is 7.04. The molecule has 1 aromatic carbocycles. The van der Waals surface area contributed by atoms with Crippen LogP contribution < -0.4 is 5.73 Å². The van der Waals surface area contributed by atoms with Gasteiger partial charge in [-0.25, -0.2) is 12.7 Å². The van der Waals surface area contributed by atoms with E-state index in [-0.39, 0.29) is 36.3 Å². The first-order chi connectivity index (χ1) is 11.9. The molecule has 0 spiro atoms. The van der Waals surface area contributed by atoms with Crippen LogP contribution in [-0.2, 0) is 21.2 Å². The number of aromatic hydroxyl groups is 1. The summed E-state index contributed by atoms with van der Waals surface area (Å²) in [6, 6.07) is 3.89. The van der Waals surface area contributed by atoms with Gasteiger partial charge in [-0.3, -0.25) is 0 Å². The molecule has 2 aliphatic heterocycles. The van der Waals surface area contributed by atoms with E-state index in [2.05, 4.69) is 0 Å². The van der Waals surface area contributed by atoms with E-state index in [1.165, 1.54) is 0 Å². The summed E-state index contributed by atoms with van der Waals surface area (Å²) in [6.45, 7) is 5.03. The Morgan fingerprint density at radius 2 is 1.96 bits per heavy atom. The van der Waals surface area contributed by atoms with E-state index < -0.39 is 10.0 Å².